The van der Waals surface area contributed by atoms with Gasteiger partial charge in [-0.3, -0.25) is 19.7 Å². The minimum atomic E-state index is -0.400. The third kappa shape index (κ3) is 2.50. The average Bonchev–Trinajstić information content (AvgIpc) is 2.81. The van der Waals surface area contributed by atoms with Gasteiger partial charge in [0.1, 0.15) is 5.82 Å². The Hall–Kier alpha value is -2.99. The minimum absolute atomic E-state index is 0.0152. The number of nitro groups is 1. The van der Waals surface area contributed by atoms with E-state index < -0.39 is 4.92 Å². The second kappa shape index (κ2) is 6.07. The molecule has 2 aromatic carbocycles. The summed E-state index contributed by atoms with van der Waals surface area (Å²) in [7, 11) is 0. The highest BCUT2D eigenvalue weighted by molar-refractivity contribution is 6.35. The lowest BCUT2D eigenvalue weighted by Gasteiger charge is -2.14. The maximum atomic E-state index is 11.3. The van der Waals surface area contributed by atoms with Crippen LogP contribution in [0.1, 0.15) is 28.3 Å². The molecule has 0 unspecified atom stereocenters. The molecule has 1 aliphatic heterocycles. The van der Waals surface area contributed by atoms with E-state index in [-0.39, 0.29) is 5.69 Å². The minimum Gasteiger partial charge on any atom is -0.298 e. The van der Waals surface area contributed by atoms with Gasteiger partial charge in [-0.05, 0) is 26.0 Å². The summed E-state index contributed by atoms with van der Waals surface area (Å²) in [6.45, 7) is 4.30. The third-order valence-electron chi connectivity index (χ3n) is 4.61. The zero-order chi connectivity index (χ0) is 18.4. The predicted molar refractivity (Wildman–Crippen MR) is 100 cm³/mol. The highest BCUT2D eigenvalue weighted by Gasteiger charge is 2.25. The number of halogens is 1. The van der Waals surface area contributed by atoms with E-state index in [1.165, 1.54) is 6.07 Å². The molecule has 0 atom stereocenters. The summed E-state index contributed by atoms with van der Waals surface area (Å²) in [5.41, 5.74) is 4.80. The van der Waals surface area contributed by atoms with Crippen molar-refractivity contribution in [2.24, 2.45) is 4.99 Å². The number of nitro benzene ring substituents is 1. The smallest absolute Gasteiger partial charge is 0.270 e. The molecule has 6 nitrogen and oxygen atoms in total. The fourth-order valence-electron chi connectivity index (χ4n) is 3.25. The number of aryl methyl sites for hydroxylation is 1. The Morgan fingerprint density at radius 1 is 1.15 bits per heavy atom. The monoisotopic (exact) mass is 366 g/mol. The van der Waals surface area contributed by atoms with Crippen LogP contribution in [0.4, 0.5) is 5.69 Å². The summed E-state index contributed by atoms with van der Waals surface area (Å²) >= 11 is 6.38. The van der Waals surface area contributed by atoms with Crippen molar-refractivity contribution in [3.8, 4) is 5.69 Å². The van der Waals surface area contributed by atoms with Gasteiger partial charge in [0.05, 0.1) is 28.6 Å². The molecule has 26 heavy (non-hydrogen) atoms. The molecule has 0 radical (unpaired) electrons. The topological polar surface area (TPSA) is 73.3 Å². The largest absolute Gasteiger partial charge is 0.298 e. The van der Waals surface area contributed by atoms with Crippen molar-refractivity contribution >= 4 is 23.0 Å². The van der Waals surface area contributed by atoms with E-state index >= 15 is 0 Å². The first kappa shape index (κ1) is 16.5. The van der Waals surface area contributed by atoms with E-state index in [4.69, 9.17) is 16.6 Å². The summed E-state index contributed by atoms with van der Waals surface area (Å²) in [5, 5.41) is 11.9. The Kier molecular flexibility index (Phi) is 3.85. The number of non-ortho nitro benzene ring substituents is 1. The van der Waals surface area contributed by atoms with Gasteiger partial charge in [0, 0.05) is 34.0 Å². The maximum Gasteiger partial charge on any atom is 0.270 e. The SMILES string of the molecule is Cc1nc2n(c1C)-c1ccc([N+](=O)[O-])cc1C(c1ccccc1Cl)=NC2. The number of benzene rings is 2. The lowest BCUT2D eigenvalue weighted by Crippen LogP contribution is -2.09. The molecule has 7 heteroatoms. The molecule has 0 saturated heterocycles. The van der Waals surface area contributed by atoms with E-state index in [9.17, 15) is 10.1 Å². The van der Waals surface area contributed by atoms with Gasteiger partial charge in [0.15, 0.2) is 0 Å². The number of rotatable bonds is 2. The summed E-state index contributed by atoms with van der Waals surface area (Å²) < 4.78 is 2.02. The van der Waals surface area contributed by atoms with Crippen molar-refractivity contribution in [2.45, 2.75) is 20.4 Å². The number of aliphatic imine (C=N–C) groups is 1. The zero-order valence-electron chi connectivity index (χ0n) is 14.2. The van der Waals surface area contributed by atoms with Crippen molar-refractivity contribution in [3.05, 3.63) is 85.9 Å². The lowest BCUT2D eigenvalue weighted by molar-refractivity contribution is -0.384. The van der Waals surface area contributed by atoms with Gasteiger partial charge in [-0.15, -0.1) is 0 Å². The molecular weight excluding hydrogens is 352 g/mol. The number of nitrogens with zero attached hydrogens (tertiary/aromatic N) is 4. The molecular formula is C19H15ClN4O2. The van der Waals surface area contributed by atoms with Crippen molar-refractivity contribution in [1.29, 1.82) is 0 Å². The average molecular weight is 367 g/mol. The van der Waals surface area contributed by atoms with Crippen LogP contribution in [-0.4, -0.2) is 20.2 Å². The second-order valence-corrected chi connectivity index (χ2v) is 6.54. The fraction of sp³-hybridized carbons (Fsp3) is 0.158. The van der Waals surface area contributed by atoms with Crippen LogP contribution in [-0.2, 0) is 6.54 Å². The molecule has 130 valence electrons. The maximum absolute atomic E-state index is 11.3. The standard InChI is InChI=1S/C19H15ClN4O2/c1-11-12(2)23-17-8-7-13(24(25)26)9-15(17)19(21-10-18(23)22-11)14-5-3-4-6-16(14)20/h3-9H,10H2,1-2H3. The van der Waals surface area contributed by atoms with E-state index in [0.29, 0.717) is 22.8 Å². The van der Waals surface area contributed by atoms with E-state index in [1.54, 1.807) is 18.2 Å². The second-order valence-electron chi connectivity index (χ2n) is 6.14. The molecule has 0 aliphatic carbocycles. The number of imidazole rings is 1. The number of aromatic nitrogens is 2. The van der Waals surface area contributed by atoms with Crippen molar-refractivity contribution in [3.63, 3.8) is 0 Å². The van der Waals surface area contributed by atoms with Crippen LogP contribution in [0.25, 0.3) is 5.69 Å². The number of hydrogen-bond acceptors (Lipinski definition) is 4. The Bertz CT molecular complexity index is 1090. The summed E-state index contributed by atoms with van der Waals surface area (Å²) in [6, 6.07) is 12.2. The fourth-order valence-corrected chi connectivity index (χ4v) is 3.47. The lowest BCUT2D eigenvalue weighted by atomic mass is 9.99. The summed E-state index contributed by atoms with van der Waals surface area (Å²) in [6.07, 6.45) is 0. The molecule has 1 aromatic heterocycles. The molecule has 1 aliphatic rings. The van der Waals surface area contributed by atoms with Gasteiger partial charge in [-0.25, -0.2) is 4.98 Å². The molecule has 0 spiro atoms. The first-order valence-corrected chi connectivity index (χ1v) is 8.48. The van der Waals surface area contributed by atoms with Crippen LogP contribution >= 0.6 is 11.6 Å². The Balaban J connectivity index is 2.04. The quantitative estimate of drug-likeness (QED) is 0.498. The van der Waals surface area contributed by atoms with Crippen LogP contribution < -0.4 is 0 Å². The van der Waals surface area contributed by atoms with Crippen LogP contribution in [0.3, 0.4) is 0 Å². The van der Waals surface area contributed by atoms with Crippen LogP contribution in [0.15, 0.2) is 47.5 Å². The first-order valence-electron chi connectivity index (χ1n) is 8.10. The Morgan fingerprint density at radius 3 is 2.65 bits per heavy atom. The van der Waals surface area contributed by atoms with Crippen LogP contribution in [0.5, 0.6) is 0 Å². The van der Waals surface area contributed by atoms with E-state index in [1.807, 2.05) is 36.6 Å². The molecule has 2 heterocycles. The Labute approximate surface area is 154 Å². The number of fused-ring (bicyclic) bond motifs is 3. The molecule has 0 saturated carbocycles. The van der Waals surface area contributed by atoms with Gasteiger partial charge >= 0.3 is 0 Å². The van der Waals surface area contributed by atoms with Crippen molar-refractivity contribution in [1.82, 2.24) is 9.55 Å². The normalized spacial score (nSPS) is 12.8. The van der Waals surface area contributed by atoms with E-state index in [2.05, 4.69) is 4.98 Å². The zero-order valence-corrected chi connectivity index (χ0v) is 15.0. The Morgan fingerprint density at radius 2 is 1.92 bits per heavy atom. The van der Waals surface area contributed by atoms with Crippen molar-refractivity contribution < 1.29 is 4.92 Å². The van der Waals surface area contributed by atoms with Crippen LogP contribution in [0.2, 0.25) is 5.02 Å². The van der Waals surface area contributed by atoms with Gasteiger partial charge in [0.2, 0.25) is 0 Å². The molecule has 4 rings (SSSR count). The van der Waals surface area contributed by atoms with Crippen molar-refractivity contribution in [2.75, 3.05) is 0 Å². The van der Waals surface area contributed by atoms with Crippen LogP contribution in [0, 0.1) is 24.0 Å². The molecule has 0 amide bonds. The number of hydrogen-bond donors (Lipinski definition) is 0. The molecule has 3 aromatic rings. The highest BCUT2D eigenvalue weighted by atomic mass is 35.5. The summed E-state index contributed by atoms with van der Waals surface area (Å²) in [5.74, 6) is 0.803. The predicted octanol–water partition coefficient (Wildman–Crippen LogP) is 4.40. The molecule has 0 N–H and O–H groups in total. The van der Waals surface area contributed by atoms with E-state index in [0.717, 1.165) is 28.5 Å². The van der Waals surface area contributed by atoms with Gasteiger partial charge in [-0.1, -0.05) is 29.8 Å². The van der Waals surface area contributed by atoms with Gasteiger partial charge in [-0.2, -0.15) is 0 Å². The molecule has 0 fully saturated rings. The van der Waals surface area contributed by atoms with Gasteiger partial charge < -0.3 is 0 Å². The highest BCUT2D eigenvalue weighted by Crippen LogP contribution is 2.31. The first-order chi connectivity index (χ1) is 12.5. The molecule has 0 bridgehead atoms. The third-order valence-corrected chi connectivity index (χ3v) is 4.94. The summed E-state index contributed by atoms with van der Waals surface area (Å²) in [4.78, 5) is 20.2. The van der Waals surface area contributed by atoms with Gasteiger partial charge in [0.25, 0.3) is 5.69 Å².